The summed E-state index contributed by atoms with van der Waals surface area (Å²) in [6.45, 7) is 8.23. The SMILES string of the molecule is C=C(c1ccc(-c2cnc(C)c(C(=O)Nc3ccccc3)n2)cc1)N1CCCCC1. The molecule has 0 radical (unpaired) electrons. The van der Waals surface area contributed by atoms with Crippen LogP contribution in [0.3, 0.4) is 0 Å². The quantitative estimate of drug-likeness (QED) is 0.645. The monoisotopic (exact) mass is 398 g/mol. The van der Waals surface area contributed by atoms with Gasteiger partial charge in [-0.25, -0.2) is 4.98 Å². The van der Waals surface area contributed by atoms with Gasteiger partial charge in [0.2, 0.25) is 0 Å². The zero-order valence-corrected chi connectivity index (χ0v) is 17.3. The standard InChI is InChI=1S/C25H26N4O/c1-18-24(25(30)27-22-9-5-3-6-10-22)28-23(17-26-18)21-13-11-20(12-14-21)19(2)29-15-7-4-8-16-29/h3,5-6,9-14,17H,2,4,7-8,15-16H2,1H3,(H,27,30). The lowest BCUT2D eigenvalue weighted by molar-refractivity contribution is 0.102. The number of nitrogens with one attached hydrogen (secondary N) is 1. The number of hydrogen-bond acceptors (Lipinski definition) is 4. The Kier molecular flexibility index (Phi) is 5.89. The first-order chi connectivity index (χ1) is 14.6. The molecule has 1 fully saturated rings. The molecule has 0 unspecified atom stereocenters. The van der Waals surface area contributed by atoms with E-state index >= 15 is 0 Å². The molecule has 1 aliphatic rings. The van der Waals surface area contributed by atoms with Gasteiger partial charge >= 0.3 is 0 Å². The van der Waals surface area contributed by atoms with Crippen LogP contribution >= 0.6 is 0 Å². The molecule has 0 aliphatic carbocycles. The number of aryl methyl sites for hydroxylation is 1. The summed E-state index contributed by atoms with van der Waals surface area (Å²) in [5, 5.41) is 2.88. The summed E-state index contributed by atoms with van der Waals surface area (Å²) >= 11 is 0. The maximum Gasteiger partial charge on any atom is 0.276 e. The first-order valence-corrected chi connectivity index (χ1v) is 10.4. The van der Waals surface area contributed by atoms with E-state index in [1.165, 1.54) is 19.3 Å². The van der Waals surface area contributed by atoms with E-state index in [1.807, 2.05) is 42.5 Å². The molecule has 30 heavy (non-hydrogen) atoms. The molecular formula is C25H26N4O. The molecule has 2 heterocycles. The number of para-hydroxylation sites is 1. The highest BCUT2D eigenvalue weighted by molar-refractivity contribution is 6.03. The van der Waals surface area contributed by atoms with Crippen LogP contribution < -0.4 is 5.32 Å². The highest BCUT2D eigenvalue weighted by atomic mass is 16.1. The van der Waals surface area contributed by atoms with Crippen molar-refractivity contribution < 1.29 is 4.79 Å². The summed E-state index contributed by atoms with van der Waals surface area (Å²) < 4.78 is 0. The fourth-order valence-electron chi connectivity index (χ4n) is 3.70. The zero-order valence-electron chi connectivity index (χ0n) is 17.3. The van der Waals surface area contributed by atoms with Crippen LogP contribution in [-0.4, -0.2) is 33.9 Å². The number of rotatable bonds is 5. The molecule has 5 heteroatoms. The van der Waals surface area contributed by atoms with E-state index in [1.54, 1.807) is 13.1 Å². The van der Waals surface area contributed by atoms with Gasteiger partial charge in [-0.15, -0.1) is 0 Å². The highest BCUT2D eigenvalue weighted by Crippen LogP contribution is 2.25. The van der Waals surface area contributed by atoms with Gasteiger partial charge in [-0.2, -0.15) is 0 Å². The van der Waals surface area contributed by atoms with Crippen LogP contribution in [0.5, 0.6) is 0 Å². The molecule has 4 rings (SSSR count). The van der Waals surface area contributed by atoms with Gasteiger partial charge in [0, 0.05) is 30.0 Å². The van der Waals surface area contributed by atoms with E-state index in [4.69, 9.17) is 0 Å². The first-order valence-electron chi connectivity index (χ1n) is 10.4. The zero-order chi connectivity index (χ0) is 20.9. The summed E-state index contributed by atoms with van der Waals surface area (Å²) in [7, 11) is 0. The second kappa shape index (κ2) is 8.91. The predicted molar refractivity (Wildman–Crippen MR) is 121 cm³/mol. The van der Waals surface area contributed by atoms with Crippen LogP contribution in [0.2, 0.25) is 0 Å². The fourth-order valence-corrected chi connectivity index (χ4v) is 3.70. The second-order valence-corrected chi connectivity index (χ2v) is 7.58. The minimum Gasteiger partial charge on any atom is -0.372 e. The van der Waals surface area contributed by atoms with Crippen LogP contribution in [0.4, 0.5) is 5.69 Å². The number of nitrogens with zero attached hydrogens (tertiary/aromatic N) is 3. The summed E-state index contributed by atoms with van der Waals surface area (Å²) in [5.74, 6) is -0.261. The van der Waals surface area contributed by atoms with Gasteiger partial charge < -0.3 is 10.2 Å². The van der Waals surface area contributed by atoms with Gasteiger partial charge in [0.25, 0.3) is 5.91 Å². The number of aromatic nitrogens is 2. The normalized spacial score (nSPS) is 13.7. The number of carbonyl (C=O) groups is 1. The van der Waals surface area contributed by atoms with Gasteiger partial charge in [-0.1, -0.05) is 49.0 Å². The Morgan fingerprint density at radius 2 is 1.70 bits per heavy atom. The highest BCUT2D eigenvalue weighted by Gasteiger charge is 2.16. The first kappa shape index (κ1) is 19.8. The third-order valence-corrected chi connectivity index (χ3v) is 5.45. The molecule has 0 spiro atoms. The molecule has 1 aromatic heterocycles. The van der Waals surface area contributed by atoms with Crippen molar-refractivity contribution in [3.8, 4) is 11.3 Å². The molecule has 1 saturated heterocycles. The Balaban J connectivity index is 1.53. The van der Waals surface area contributed by atoms with Gasteiger partial charge in [-0.05, 0) is 43.9 Å². The molecule has 0 atom stereocenters. The number of amides is 1. The topological polar surface area (TPSA) is 58.1 Å². The van der Waals surface area contributed by atoms with Crippen molar-refractivity contribution in [2.45, 2.75) is 26.2 Å². The predicted octanol–water partition coefficient (Wildman–Crippen LogP) is 5.16. The number of benzene rings is 2. The minimum absolute atomic E-state index is 0.261. The van der Waals surface area contributed by atoms with Crippen LogP contribution in [0.15, 0.2) is 67.4 Å². The fraction of sp³-hybridized carbons (Fsp3) is 0.240. The third-order valence-electron chi connectivity index (χ3n) is 5.45. The molecule has 3 aromatic rings. The average Bonchev–Trinajstić information content (AvgIpc) is 2.80. The maximum atomic E-state index is 12.7. The average molecular weight is 399 g/mol. The van der Waals surface area contributed by atoms with Crippen LogP contribution in [-0.2, 0) is 0 Å². The van der Waals surface area contributed by atoms with Crippen molar-refractivity contribution >= 4 is 17.3 Å². The largest absolute Gasteiger partial charge is 0.372 e. The minimum atomic E-state index is -0.261. The van der Waals surface area contributed by atoms with Gasteiger partial charge in [-0.3, -0.25) is 9.78 Å². The Bertz CT molecular complexity index is 1040. The molecular weight excluding hydrogens is 372 g/mol. The van der Waals surface area contributed by atoms with E-state index in [-0.39, 0.29) is 5.91 Å². The Hall–Kier alpha value is -3.47. The van der Waals surface area contributed by atoms with E-state index in [2.05, 4.69) is 38.9 Å². The number of carbonyl (C=O) groups excluding carboxylic acids is 1. The van der Waals surface area contributed by atoms with Crippen molar-refractivity contribution in [2.24, 2.45) is 0 Å². The van der Waals surface area contributed by atoms with E-state index < -0.39 is 0 Å². The lowest BCUT2D eigenvalue weighted by Gasteiger charge is -2.30. The third kappa shape index (κ3) is 4.40. The van der Waals surface area contributed by atoms with Gasteiger partial charge in [0.1, 0.15) is 5.69 Å². The van der Waals surface area contributed by atoms with Gasteiger partial charge in [0.05, 0.1) is 17.6 Å². The van der Waals surface area contributed by atoms with E-state index in [0.717, 1.165) is 35.6 Å². The number of hydrogen-bond donors (Lipinski definition) is 1. The maximum absolute atomic E-state index is 12.7. The van der Waals surface area contributed by atoms with E-state index in [9.17, 15) is 4.79 Å². The lowest BCUT2D eigenvalue weighted by atomic mass is 10.0. The molecule has 1 aliphatic heterocycles. The lowest BCUT2D eigenvalue weighted by Crippen LogP contribution is -2.27. The van der Waals surface area contributed by atoms with E-state index in [0.29, 0.717) is 17.1 Å². The van der Waals surface area contributed by atoms with Crippen molar-refractivity contribution in [1.82, 2.24) is 14.9 Å². The van der Waals surface area contributed by atoms with Crippen LogP contribution in [0.25, 0.3) is 17.0 Å². The molecule has 152 valence electrons. The summed E-state index contributed by atoms with van der Waals surface area (Å²) in [4.78, 5) is 24.1. The number of likely N-dealkylation sites (tertiary alicyclic amines) is 1. The molecule has 0 bridgehead atoms. The smallest absolute Gasteiger partial charge is 0.276 e. The molecule has 1 N–H and O–H groups in total. The summed E-state index contributed by atoms with van der Waals surface area (Å²) in [6, 6.07) is 17.5. The van der Waals surface area contributed by atoms with Crippen molar-refractivity contribution in [3.63, 3.8) is 0 Å². The van der Waals surface area contributed by atoms with Crippen molar-refractivity contribution in [3.05, 3.63) is 84.3 Å². The Labute approximate surface area is 177 Å². The van der Waals surface area contributed by atoms with Crippen LogP contribution in [0.1, 0.15) is 41.0 Å². The summed E-state index contributed by atoms with van der Waals surface area (Å²) in [5.41, 5.74) is 5.44. The van der Waals surface area contributed by atoms with Crippen molar-refractivity contribution in [1.29, 1.82) is 0 Å². The molecule has 1 amide bonds. The number of anilines is 1. The molecule has 0 saturated carbocycles. The van der Waals surface area contributed by atoms with Crippen molar-refractivity contribution in [2.75, 3.05) is 18.4 Å². The van der Waals surface area contributed by atoms with Gasteiger partial charge in [0.15, 0.2) is 0 Å². The Morgan fingerprint density at radius 1 is 1.00 bits per heavy atom. The summed E-state index contributed by atoms with van der Waals surface area (Å²) in [6.07, 6.45) is 5.46. The van der Waals surface area contributed by atoms with Crippen LogP contribution in [0, 0.1) is 6.92 Å². The second-order valence-electron chi connectivity index (χ2n) is 7.58. The molecule has 5 nitrogen and oxygen atoms in total. The Morgan fingerprint density at radius 3 is 2.40 bits per heavy atom. The number of piperidine rings is 1. The molecule has 2 aromatic carbocycles.